The minimum atomic E-state index is -1.96. The van der Waals surface area contributed by atoms with E-state index in [-0.39, 0.29) is 17.2 Å². The van der Waals surface area contributed by atoms with Gasteiger partial charge in [-0.25, -0.2) is 9.78 Å². The second-order valence-corrected chi connectivity index (χ2v) is 15.6. The number of urea groups is 1. The van der Waals surface area contributed by atoms with Gasteiger partial charge in [0.05, 0.1) is 24.9 Å². The van der Waals surface area contributed by atoms with Crippen molar-refractivity contribution in [2.75, 3.05) is 22.9 Å². The molecule has 2 amide bonds. The summed E-state index contributed by atoms with van der Waals surface area (Å²) in [7, 11) is -1.96. The normalized spacial score (nSPS) is 18.7. The number of nitrogens with zero attached hydrogens (tertiary/aromatic N) is 3. The molecule has 1 saturated heterocycles. The van der Waals surface area contributed by atoms with Gasteiger partial charge in [-0.1, -0.05) is 20.8 Å². The van der Waals surface area contributed by atoms with E-state index in [1.807, 2.05) is 41.5 Å². The number of aryl methyl sites for hydroxylation is 1. The van der Waals surface area contributed by atoms with Gasteiger partial charge in [0.1, 0.15) is 0 Å². The molecule has 1 aromatic heterocycles. The summed E-state index contributed by atoms with van der Waals surface area (Å²) in [6.07, 6.45) is -0.0536. The van der Waals surface area contributed by atoms with Crippen LogP contribution in [-0.2, 0) is 4.43 Å². The maximum atomic E-state index is 13.3. The second-order valence-electron chi connectivity index (χ2n) is 8.75. The number of carbonyl (C=O) groups excluding carboxylic acids is 1. The number of carbonyl (C=O) groups is 1. The Kier molecular flexibility index (Phi) is 6.24. The first-order valence-corrected chi connectivity index (χ1v) is 14.3. The molecule has 0 saturated carbocycles. The number of halogens is 1. The molecule has 2 heterocycles. The Morgan fingerprint density at radius 1 is 1.18 bits per heavy atom. The van der Waals surface area contributed by atoms with E-state index in [9.17, 15) is 4.79 Å². The zero-order valence-corrected chi connectivity index (χ0v) is 21.3. The summed E-state index contributed by atoms with van der Waals surface area (Å²) in [6, 6.07) is 8.02. The molecule has 0 N–H and O–H groups in total. The van der Waals surface area contributed by atoms with Gasteiger partial charge in [-0.3, -0.25) is 9.80 Å². The Morgan fingerprint density at radius 3 is 2.32 bits per heavy atom. The standard InChI is InChI=1S/C20H28IN3O2SSi/c1-14-13-27-18(22-14)24-12-17(26-28(5,6)20(2,3)4)11-23(19(24)25)16-9-7-15(21)8-10-16/h7-10,13,17H,11-12H2,1-6H3. The SMILES string of the molecule is Cc1csc(N2CC(O[Si](C)(C)C(C)(C)C)CN(c3ccc(I)cc3)C2=O)n1. The van der Waals surface area contributed by atoms with Gasteiger partial charge >= 0.3 is 6.03 Å². The third-order valence-corrected chi connectivity index (χ3v) is 11.7. The fraction of sp³-hybridized carbons (Fsp3) is 0.500. The molecular weight excluding hydrogens is 501 g/mol. The molecule has 3 rings (SSSR count). The third-order valence-electron chi connectivity index (χ3n) is 5.48. The van der Waals surface area contributed by atoms with Crippen LogP contribution in [0, 0.1) is 10.5 Å². The van der Waals surface area contributed by atoms with E-state index in [1.54, 1.807) is 4.90 Å². The molecule has 0 bridgehead atoms. The molecule has 1 fully saturated rings. The number of rotatable bonds is 4. The molecule has 0 radical (unpaired) electrons. The van der Waals surface area contributed by atoms with Crippen LogP contribution in [0.4, 0.5) is 15.6 Å². The summed E-state index contributed by atoms with van der Waals surface area (Å²) >= 11 is 3.79. The Morgan fingerprint density at radius 2 is 1.79 bits per heavy atom. The van der Waals surface area contributed by atoms with Crippen LogP contribution in [0.5, 0.6) is 0 Å². The fourth-order valence-electron chi connectivity index (χ4n) is 2.90. The van der Waals surface area contributed by atoms with Crippen LogP contribution < -0.4 is 9.80 Å². The topological polar surface area (TPSA) is 45.7 Å². The van der Waals surface area contributed by atoms with Crippen LogP contribution in [0.2, 0.25) is 18.1 Å². The van der Waals surface area contributed by atoms with Crippen LogP contribution in [0.25, 0.3) is 0 Å². The summed E-state index contributed by atoms with van der Waals surface area (Å²) < 4.78 is 7.85. The maximum absolute atomic E-state index is 13.3. The summed E-state index contributed by atoms with van der Waals surface area (Å²) in [5.74, 6) is 0. The number of aromatic nitrogens is 1. The zero-order valence-electron chi connectivity index (χ0n) is 17.3. The van der Waals surface area contributed by atoms with Crippen molar-refractivity contribution in [3.8, 4) is 0 Å². The third kappa shape index (κ3) is 4.60. The average molecular weight is 530 g/mol. The second kappa shape index (κ2) is 8.04. The molecule has 1 unspecified atom stereocenters. The van der Waals surface area contributed by atoms with Gasteiger partial charge in [0.15, 0.2) is 13.4 Å². The minimum absolute atomic E-state index is 0.0364. The molecule has 152 valence electrons. The van der Waals surface area contributed by atoms with E-state index in [0.717, 1.165) is 20.1 Å². The van der Waals surface area contributed by atoms with E-state index in [2.05, 4.69) is 61.4 Å². The van der Waals surface area contributed by atoms with E-state index in [4.69, 9.17) is 4.43 Å². The summed E-state index contributed by atoms with van der Waals surface area (Å²) in [5, 5.41) is 2.84. The van der Waals surface area contributed by atoms with E-state index >= 15 is 0 Å². The molecule has 2 aromatic rings. The first-order chi connectivity index (χ1) is 13.0. The molecule has 1 aliphatic rings. The van der Waals surface area contributed by atoms with E-state index < -0.39 is 8.32 Å². The van der Waals surface area contributed by atoms with Crippen molar-refractivity contribution >= 4 is 59.1 Å². The smallest absolute Gasteiger partial charge is 0.330 e. The predicted molar refractivity (Wildman–Crippen MR) is 128 cm³/mol. The van der Waals surface area contributed by atoms with Crippen LogP contribution in [0.15, 0.2) is 29.6 Å². The molecule has 8 heteroatoms. The molecule has 0 aliphatic carbocycles. The lowest BCUT2D eigenvalue weighted by Gasteiger charge is -2.44. The highest BCUT2D eigenvalue weighted by atomic mass is 127. The fourth-order valence-corrected chi connectivity index (χ4v) is 5.40. The Bertz CT molecular complexity index is 848. The number of hydrogen-bond donors (Lipinski definition) is 0. The van der Waals surface area contributed by atoms with Crippen LogP contribution >= 0.6 is 33.9 Å². The lowest BCUT2D eigenvalue weighted by molar-refractivity contribution is 0.176. The maximum Gasteiger partial charge on any atom is 0.330 e. The first kappa shape index (κ1) is 21.7. The van der Waals surface area contributed by atoms with Gasteiger partial charge in [0.2, 0.25) is 0 Å². The van der Waals surface area contributed by atoms with Crippen molar-refractivity contribution in [3.05, 3.63) is 38.9 Å². The zero-order chi connectivity index (χ0) is 20.7. The molecule has 1 aliphatic heterocycles. The lowest BCUT2D eigenvalue weighted by atomic mass is 10.2. The highest BCUT2D eigenvalue weighted by Crippen LogP contribution is 2.38. The van der Waals surface area contributed by atoms with Gasteiger partial charge in [-0.05, 0) is 71.9 Å². The molecular formula is C20H28IN3O2SSi. The Balaban J connectivity index is 1.93. The molecule has 5 nitrogen and oxygen atoms in total. The van der Waals surface area contributed by atoms with Gasteiger partial charge in [-0.2, -0.15) is 0 Å². The number of thiazole rings is 1. The van der Waals surface area contributed by atoms with Gasteiger partial charge in [0, 0.05) is 14.6 Å². The van der Waals surface area contributed by atoms with Crippen molar-refractivity contribution < 1.29 is 9.22 Å². The molecule has 1 atom stereocenters. The van der Waals surface area contributed by atoms with Crippen molar-refractivity contribution in [2.24, 2.45) is 0 Å². The summed E-state index contributed by atoms with van der Waals surface area (Å²) in [6.45, 7) is 14.3. The quantitative estimate of drug-likeness (QED) is 0.367. The molecule has 0 spiro atoms. The van der Waals surface area contributed by atoms with E-state index in [0.29, 0.717) is 13.1 Å². The molecule has 1 aromatic carbocycles. The van der Waals surface area contributed by atoms with Crippen molar-refractivity contribution in [1.29, 1.82) is 0 Å². The Labute approximate surface area is 186 Å². The monoisotopic (exact) mass is 529 g/mol. The predicted octanol–water partition coefficient (Wildman–Crippen LogP) is 5.89. The highest BCUT2D eigenvalue weighted by Gasteiger charge is 2.43. The van der Waals surface area contributed by atoms with Crippen molar-refractivity contribution in [3.63, 3.8) is 0 Å². The number of anilines is 2. The van der Waals surface area contributed by atoms with Gasteiger partial charge in [0.25, 0.3) is 0 Å². The number of benzene rings is 1. The van der Waals surface area contributed by atoms with Crippen LogP contribution in [-0.4, -0.2) is 38.5 Å². The first-order valence-electron chi connectivity index (χ1n) is 9.42. The molecule has 28 heavy (non-hydrogen) atoms. The van der Waals surface area contributed by atoms with Gasteiger partial charge in [-0.15, -0.1) is 11.3 Å². The van der Waals surface area contributed by atoms with Crippen molar-refractivity contribution in [2.45, 2.75) is 51.9 Å². The number of amides is 2. The number of hydrogen-bond acceptors (Lipinski definition) is 4. The van der Waals surface area contributed by atoms with Crippen LogP contribution in [0.1, 0.15) is 26.5 Å². The minimum Gasteiger partial charge on any atom is -0.410 e. The van der Waals surface area contributed by atoms with Crippen LogP contribution in [0.3, 0.4) is 0 Å². The van der Waals surface area contributed by atoms with E-state index in [1.165, 1.54) is 11.3 Å². The summed E-state index contributed by atoms with van der Waals surface area (Å²) in [5.41, 5.74) is 1.83. The average Bonchev–Trinajstić information content (AvgIpc) is 3.02. The Hall–Kier alpha value is -0.973. The van der Waals surface area contributed by atoms with Gasteiger partial charge < -0.3 is 4.43 Å². The highest BCUT2D eigenvalue weighted by molar-refractivity contribution is 14.1. The van der Waals surface area contributed by atoms with Crippen molar-refractivity contribution in [1.82, 2.24) is 4.98 Å². The largest absolute Gasteiger partial charge is 0.410 e. The lowest BCUT2D eigenvalue weighted by Crippen LogP contribution is -2.59. The summed E-state index contributed by atoms with van der Waals surface area (Å²) in [4.78, 5) is 21.5.